The molecule has 0 fully saturated rings. The summed E-state index contributed by atoms with van der Waals surface area (Å²) in [5.74, 6) is 0. The fraction of sp³-hybridized carbons (Fsp3) is 0.400. The molecule has 0 heterocycles. The standard InChI is InChI=1S/C4H9N.CH4N.V/c1-3-5-4-2;1-2;/h5H,1-4H2;1-2H2;/q-2;-1;. The molecule has 0 aromatic heterocycles. The van der Waals surface area contributed by atoms with E-state index in [1.807, 2.05) is 0 Å². The Kier molecular flexibility index (Phi) is 51.1. The van der Waals surface area contributed by atoms with Crippen molar-refractivity contribution >= 4 is 0 Å². The average molecular weight is 152 g/mol. The zero-order chi connectivity index (χ0) is 6.12. The van der Waals surface area contributed by atoms with E-state index in [1.54, 1.807) is 0 Å². The first-order valence-corrected chi connectivity index (χ1v) is 2.12. The van der Waals surface area contributed by atoms with Gasteiger partial charge in [0.15, 0.2) is 0 Å². The molecule has 0 atom stereocenters. The van der Waals surface area contributed by atoms with Gasteiger partial charge >= 0.3 is 0 Å². The molecule has 0 spiro atoms. The molecule has 0 aromatic rings. The van der Waals surface area contributed by atoms with Crippen LogP contribution in [0.15, 0.2) is 0 Å². The largest absolute Gasteiger partial charge is 0.486 e. The molecule has 51 valence electrons. The molecule has 0 aliphatic carbocycles. The van der Waals surface area contributed by atoms with Gasteiger partial charge in [-0.1, -0.05) is 0 Å². The molecular weight excluding hydrogens is 139 g/mol. The van der Waals surface area contributed by atoms with Gasteiger partial charge in [-0.25, -0.2) is 0 Å². The van der Waals surface area contributed by atoms with Crippen molar-refractivity contribution in [1.82, 2.24) is 5.32 Å². The van der Waals surface area contributed by atoms with Gasteiger partial charge in [0.2, 0.25) is 0 Å². The molecule has 3 heteroatoms. The summed E-state index contributed by atoms with van der Waals surface area (Å²) in [6.45, 7) is 8.61. The first kappa shape index (κ1) is 15.8. The van der Waals surface area contributed by atoms with Gasteiger partial charge in [-0.15, -0.1) is 13.1 Å². The van der Waals surface area contributed by atoms with Crippen LogP contribution in [0.25, 0.3) is 0 Å². The third-order valence-electron chi connectivity index (χ3n) is 0.354. The van der Waals surface area contributed by atoms with Crippen molar-refractivity contribution in [2.24, 2.45) is 5.73 Å². The van der Waals surface area contributed by atoms with Gasteiger partial charge in [0, 0.05) is 18.6 Å². The maximum atomic E-state index is 4.25. The maximum Gasteiger partial charge on any atom is 0 e. The fourth-order valence-electron chi connectivity index (χ4n) is 0.125. The Labute approximate surface area is 64.1 Å². The summed E-state index contributed by atoms with van der Waals surface area (Å²) in [5, 5.41) is 2.89. The van der Waals surface area contributed by atoms with Crippen molar-refractivity contribution in [2.45, 2.75) is 0 Å². The third-order valence-corrected chi connectivity index (χ3v) is 0.354. The van der Waals surface area contributed by atoms with Crippen LogP contribution in [0, 0.1) is 20.9 Å². The number of nitrogens with two attached hydrogens (primary N) is 1. The summed E-state index contributed by atoms with van der Waals surface area (Å²) >= 11 is 0. The molecule has 3 N–H and O–H groups in total. The van der Waals surface area contributed by atoms with Crippen molar-refractivity contribution < 1.29 is 18.6 Å². The second kappa shape index (κ2) is 25.9. The van der Waals surface area contributed by atoms with E-state index in [0.717, 1.165) is 13.1 Å². The maximum absolute atomic E-state index is 4.25. The molecule has 0 bridgehead atoms. The number of nitrogens with one attached hydrogen (secondary N) is 1. The van der Waals surface area contributed by atoms with Crippen LogP contribution in [0.1, 0.15) is 0 Å². The van der Waals surface area contributed by atoms with E-state index >= 15 is 0 Å². The summed E-state index contributed by atoms with van der Waals surface area (Å²) in [4.78, 5) is 0. The fourth-order valence-corrected chi connectivity index (χ4v) is 0.125. The van der Waals surface area contributed by atoms with Gasteiger partial charge in [0.1, 0.15) is 0 Å². The molecule has 0 saturated carbocycles. The van der Waals surface area contributed by atoms with Crippen LogP contribution in [0.5, 0.6) is 0 Å². The van der Waals surface area contributed by atoms with Crippen LogP contribution in [-0.4, -0.2) is 13.1 Å². The molecule has 8 heavy (non-hydrogen) atoms. The van der Waals surface area contributed by atoms with Crippen LogP contribution in [0.4, 0.5) is 0 Å². The zero-order valence-corrected chi connectivity index (χ0v) is 6.46. The average Bonchev–Trinajstić information content (AvgIpc) is 1.75. The van der Waals surface area contributed by atoms with Crippen molar-refractivity contribution in [3.05, 3.63) is 20.9 Å². The molecule has 0 aliphatic heterocycles. The van der Waals surface area contributed by atoms with Crippen molar-refractivity contribution in [2.75, 3.05) is 13.1 Å². The SMILES string of the molecule is [CH2-]CNC[CH2-].[CH2-]N.[V]. The van der Waals surface area contributed by atoms with Gasteiger partial charge in [0.25, 0.3) is 0 Å². The van der Waals surface area contributed by atoms with E-state index in [0.29, 0.717) is 0 Å². The quantitative estimate of drug-likeness (QED) is 0.545. The molecule has 2 nitrogen and oxygen atoms in total. The van der Waals surface area contributed by atoms with E-state index in [1.165, 1.54) is 0 Å². The molecule has 0 unspecified atom stereocenters. The van der Waals surface area contributed by atoms with Crippen LogP contribution >= 0.6 is 0 Å². The minimum absolute atomic E-state index is 0. The van der Waals surface area contributed by atoms with Crippen molar-refractivity contribution in [3.63, 3.8) is 0 Å². The summed E-state index contributed by atoms with van der Waals surface area (Å²) in [7, 11) is 2.75. The Balaban J connectivity index is -0.0000000750. The predicted octanol–water partition coefficient (Wildman–Crippen LogP) is -0.0216. The normalized spacial score (nSPS) is 6.00. The Morgan fingerprint density at radius 1 is 1.12 bits per heavy atom. The topological polar surface area (TPSA) is 38.0 Å². The van der Waals surface area contributed by atoms with E-state index in [4.69, 9.17) is 0 Å². The first-order chi connectivity index (χ1) is 3.41. The number of rotatable bonds is 2. The molecule has 0 amide bonds. The third kappa shape index (κ3) is 31.4. The summed E-state index contributed by atoms with van der Waals surface area (Å²) < 4.78 is 0. The van der Waals surface area contributed by atoms with Crippen LogP contribution in [0.2, 0.25) is 0 Å². The van der Waals surface area contributed by atoms with E-state index in [2.05, 4.69) is 31.9 Å². The van der Waals surface area contributed by atoms with Crippen molar-refractivity contribution in [1.29, 1.82) is 0 Å². The molecule has 1 radical (unpaired) electrons. The summed E-state index contributed by atoms with van der Waals surface area (Å²) in [5.41, 5.74) is 4.25. The monoisotopic (exact) mass is 152 g/mol. The van der Waals surface area contributed by atoms with E-state index < -0.39 is 0 Å². The Morgan fingerprint density at radius 2 is 1.38 bits per heavy atom. The molecule has 0 saturated heterocycles. The molecule has 0 aromatic carbocycles. The van der Waals surface area contributed by atoms with E-state index in [-0.39, 0.29) is 18.6 Å². The number of hydrogen-bond donors (Lipinski definition) is 2. The minimum Gasteiger partial charge on any atom is -0.486 e. The summed E-state index contributed by atoms with van der Waals surface area (Å²) in [6.07, 6.45) is 0. The zero-order valence-electron chi connectivity index (χ0n) is 5.06. The Morgan fingerprint density at radius 3 is 1.38 bits per heavy atom. The van der Waals surface area contributed by atoms with Gasteiger partial charge < -0.3 is 24.9 Å². The van der Waals surface area contributed by atoms with Gasteiger partial charge in [0.05, 0.1) is 0 Å². The minimum atomic E-state index is 0. The van der Waals surface area contributed by atoms with Gasteiger partial charge in [-0.05, 0) is 0 Å². The summed E-state index contributed by atoms with van der Waals surface area (Å²) in [6, 6.07) is 0. The Hall–Kier alpha value is 0.504. The molecular formula is C5H13N2V-3. The first-order valence-electron chi connectivity index (χ1n) is 2.12. The molecule has 0 aliphatic rings. The predicted molar refractivity (Wildman–Crippen MR) is 33.1 cm³/mol. The van der Waals surface area contributed by atoms with Gasteiger partial charge in [-0.3, -0.25) is 7.05 Å². The van der Waals surface area contributed by atoms with Crippen LogP contribution in [0.3, 0.4) is 0 Å². The van der Waals surface area contributed by atoms with E-state index in [9.17, 15) is 0 Å². The second-order valence-electron chi connectivity index (χ2n) is 0.750. The number of hydrogen-bond acceptors (Lipinski definition) is 2. The van der Waals surface area contributed by atoms with Crippen molar-refractivity contribution in [3.8, 4) is 0 Å². The smallest absolute Gasteiger partial charge is 0 e. The van der Waals surface area contributed by atoms with Gasteiger partial charge in [-0.2, -0.15) is 0 Å². The Bertz CT molecular complexity index is 17.9. The molecule has 0 rings (SSSR count). The second-order valence-corrected chi connectivity index (χ2v) is 0.750. The van der Waals surface area contributed by atoms with Crippen LogP contribution in [-0.2, 0) is 18.6 Å². The van der Waals surface area contributed by atoms with Crippen LogP contribution < -0.4 is 11.1 Å².